The molecule has 3 N–H and O–H groups in total. The lowest BCUT2D eigenvalue weighted by molar-refractivity contribution is 0.516. The van der Waals surface area contributed by atoms with E-state index in [1.54, 1.807) is 0 Å². The Morgan fingerprint density at radius 2 is 2.25 bits per heavy atom. The highest BCUT2D eigenvalue weighted by Crippen LogP contribution is 2.29. The summed E-state index contributed by atoms with van der Waals surface area (Å²) in [5.41, 5.74) is 8.25. The highest BCUT2D eigenvalue weighted by atomic mass is 79.9. The zero-order chi connectivity index (χ0) is 11.5. The van der Waals surface area contributed by atoms with Gasteiger partial charge in [0.25, 0.3) is 0 Å². The topological polar surface area (TPSA) is 38.0 Å². The van der Waals surface area contributed by atoms with E-state index in [2.05, 4.69) is 46.4 Å². The minimum Gasteiger partial charge on any atom is -0.382 e. The average Bonchev–Trinajstić information content (AvgIpc) is 2.71. The van der Waals surface area contributed by atoms with Gasteiger partial charge in [-0.3, -0.25) is 0 Å². The Balaban J connectivity index is 2.05. The minimum absolute atomic E-state index is 0.555. The molecule has 3 heteroatoms. The van der Waals surface area contributed by atoms with Crippen LogP contribution in [0.4, 0.5) is 5.69 Å². The molecule has 0 bridgehead atoms. The van der Waals surface area contributed by atoms with Crippen molar-refractivity contribution in [2.24, 2.45) is 11.7 Å². The Bertz CT molecular complexity index is 365. The van der Waals surface area contributed by atoms with Crippen LogP contribution in [-0.4, -0.2) is 12.6 Å². The average molecular weight is 283 g/mol. The van der Waals surface area contributed by atoms with Crippen molar-refractivity contribution in [2.75, 3.05) is 11.9 Å². The second-order valence-corrected chi connectivity index (χ2v) is 5.50. The van der Waals surface area contributed by atoms with Gasteiger partial charge in [0.2, 0.25) is 0 Å². The Kier molecular flexibility index (Phi) is 3.87. The van der Waals surface area contributed by atoms with Crippen LogP contribution in [0, 0.1) is 12.8 Å². The normalized spacial score (nSPS) is 24.7. The third-order valence-electron chi connectivity index (χ3n) is 3.49. The molecule has 88 valence electrons. The van der Waals surface area contributed by atoms with Crippen molar-refractivity contribution >= 4 is 21.6 Å². The lowest BCUT2D eigenvalue weighted by Gasteiger charge is -2.21. The van der Waals surface area contributed by atoms with Crippen LogP contribution in [0.5, 0.6) is 0 Å². The van der Waals surface area contributed by atoms with Gasteiger partial charge in [0.05, 0.1) is 0 Å². The van der Waals surface area contributed by atoms with E-state index >= 15 is 0 Å². The number of halogens is 1. The fourth-order valence-corrected chi connectivity index (χ4v) is 2.78. The van der Waals surface area contributed by atoms with Gasteiger partial charge >= 0.3 is 0 Å². The molecule has 0 amide bonds. The van der Waals surface area contributed by atoms with Gasteiger partial charge in [-0.05, 0) is 49.9 Å². The van der Waals surface area contributed by atoms with E-state index in [1.165, 1.54) is 35.0 Å². The fourth-order valence-electron chi connectivity index (χ4n) is 2.41. The van der Waals surface area contributed by atoms with Gasteiger partial charge in [0.15, 0.2) is 0 Å². The maximum Gasteiger partial charge on any atom is 0.0353 e. The molecule has 0 aliphatic heterocycles. The minimum atomic E-state index is 0.555. The van der Waals surface area contributed by atoms with Crippen molar-refractivity contribution in [3.63, 3.8) is 0 Å². The van der Waals surface area contributed by atoms with Crippen molar-refractivity contribution in [3.05, 3.63) is 28.2 Å². The van der Waals surface area contributed by atoms with Crippen molar-refractivity contribution < 1.29 is 0 Å². The SMILES string of the molecule is Cc1ccc(NC2CCCC2CN)cc1Br. The third-order valence-corrected chi connectivity index (χ3v) is 4.34. The second-order valence-electron chi connectivity index (χ2n) is 4.64. The highest BCUT2D eigenvalue weighted by Gasteiger charge is 2.25. The number of hydrogen-bond donors (Lipinski definition) is 2. The van der Waals surface area contributed by atoms with Gasteiger partial charge in [-0.1, -0.05) is 28.4 Å². The molecule has 2 nitrogen and oxygen atoms in total. The molecule has 0 saturated heterocycles. The molecule has 1 saturated carbocycles. The van der Waals surface area contributed by atoms with Crippen LogP contribution in [0.3, 0.4) is 0 Å². The molecule has 0 heterocycles. The first kappa shape index (κ1) is 11.9. The molecule has 16 heavy (non-hydrogen) atoms. The molecule has 1 aliphatic rings. The van der Waals surface area contributed by atoms with E-state index in [1.807, 2.05) is 0 Å². The third kappa shape index (κ3) is 2.58. The first-order valence-corrected chi connectivity index (χ1v) is 6.73. The van der Waals surface area contributed by atoms with Crippen LogP contribution in [0.2, 0.25) is 0 Å². The lowest BCUT2D eigenvalue weighted by Crippen LogP contribution is -2.29. The van der Waals surface area contributed by atoms with Gasteiger partial charge < -0.3 is 11.1 Å². The first-order valence-electron chi connectivity index (χ1n) is 5.93. The molecule has 1 aromatic rings. The van der Waals surface area contributed by atoms with E-state index in [9.17, 15) is 0 Å². The van der Waals surface area contributed by atoms with Crippen LogP contribution < -0.4 is 11.1 Å². The molecule has 2 unspecified atom stereocenters. The molecule has 0 radical (unpaired) electrons. The van der Waals surface area contributed by atoms with Crippen molar-refractivity contribution in [3.8, 4) is 0 Å². The molecule has 1 aliphatic carbocycles. The Labute approximate surface area is 106 Å². The summed E-state index contributed by atoms with van der Waals surface area (Å²) in [5.74, 6) is 0.639. The van der Waals surface area contributed by atoms with Gasteiger partial charge in [0.1, 0.15) is 0 Å². The number of aryl methyl sites for hydroxylation is 1. The molecule has 0 aromatic heterocycles. The van der Waals surface area contributed by atoms with Gasteiger partial charge in [0, 0.05) is 16.2 Å². The van der Waals surface area contributed by atoms with E-state index in [0.717, 1.165) is 6.54 Å². The predicted molar refractivity (Wildman–Crippen MR) is 72.7 cm³/mol. The Morgan fingerprint density at radius 1 is 1.44 bits per heavy atom. The molecular weight excluding hydrogens is 264 g/mol. The van der Waals surface area contributed by atoms with Crippen LogP contribution >= 0.6 is 15.9 Å². The number of benzene rings is 1. The van der Waals surface area contributed by atoms with Crippen molar-refractivity contribution in [1.82, 2.24) is 0 Å². The van der Waals surface area contributed by atoms with Crippen molar-refractivity contribution in [2.45, 2.75) is 32.2 Å². The van der Waals surface area contributed by atoms with E-state index in [0.29, 0.717) is 12.0 Å². The molecule has 2 atom stereocenters. The van der Waals surface area contributed by atoms with Gasteiger partial charge in [-0.2, -0.15) is 0 Å². The predicted octanol–water partition coefficient (Wildman–Crippen LogP) is 3.30. The summed E-state index contributed by atoms with van der Waals surface area (Å²) in [6.45, 7) is 2.90. The highest BCUT2D eigenvalue weighted by molar-refractivity contribution is 9.10. The number of rotatable bonds is 3. The summed E-state index contributed by atoms with van der Waals surface area (Å²) in [7, 11) is 0. The van der Waals surface area contributed by atoms with Crippen molar-refractivity contribution in [1.29, 1.82) is 0 Å². The van der Waals surface area contributed by atoms with Gasteiger partial charge in [-0.15, -0.1) is 0 Å². The van der Waals surface area contributed by atoms with E-state index in [4.69, 9.17) is 5.73 Å². The summed E-state index contributed by atoms with van der Waals surface area (Å²) >= 11 is 3.56. The van der Waals surface area contributed by atoms with Crippen LogP contribution in [0.1, 0.15) is 24.8 Å². The second kappa shape index (κ2) is 5.19. The number of hydrogen-bond acceptors (Lipinski definition) is 2. The smallest absolute Gasteiger partial charge is 0.0353 e. The number of anilines is 1. The molecular formula is C13H19BrN2. The molecule has 0 spiro atoms. The standard InChI is InChI=1S/C13H19BrN2/c1-9-5-6-11(7-12(9)14)16-13-4-2-3-10(13)8-15/h5-7,10,13,16H,2-4,8,15H2,1H3. The fraction of sp³-hybridized carbons (Fsp3) is 0.538. The summed E-state index contributed by atoms with van der Waals surface area (Å²) in [6, 6.07) is 6.99. The maximum absolute atomic E-state index is 5.78. The Morgan fingerprint density at radius 3 is 2.94 bits per heavy atom. The molecule has 1 fully saturated rings. The summed E-state index contributed by atoms with van der Waals surface area (Å²) < 4.78 is 1.17. The number of nitrogens with two attached hydrogens (primary N) is 1. The Hall–Kier alpha value is -0.540. The van der Waals surface area contributed by atoms with E-state index in [-0.39, 0.29) is 0 Å². The van der Waals surface area contributed by atoms with Gasteiger partial charge in [-0.25, -0.2) is 0 Å². The summed E-state index contributed by atoms with van der Waals surface area (Å²) in [5, 5.41) is 3.60. The monoisotopic (exact) mass is 282 g/mol. The number of nitrogens with one attached hydrogen (secondary N) is 1. The largest absolute Gasteiger partial charge is 0.382 e. The van der Waals surface area contributed by atoms with Crippen LogP contribution in [-0.2, 0) is 0 Å². The summed E-state index contributed by atoms with van der Waals surface area (Å²) in [4.78, 5) is 0. The molecule has 1 aromatic carbocycles. The summed E-state index contributed by atoms with van der Waals surface area (Å²) in [6.07, 6.45) is 3.81. The maximum atomic E-state index is 5.78. The lowest BCUT2D eigenvalue weighted by atomic mass is 10.0. The zero-order valence-corrected chi connectivity index (χ0v) is 11.3. The van der Waals surface area contributed by atoms with E-state index < -0.39 is 0 Å². The van der Waals surface area contributed by atoms with Crippen LogP contribution in [0.25, 0.3) is 0 Å². The van der Waals surface area contributed by atoms with Crippen LogP contribution in [0.15, 0.2) is 22.7 Å². The molecule has 2 rings (SSSR count). The zero-order valence-electron chi connectivity index (χ0n) is 9.67. The quantitative estimate of drug-likeness (QED) is 0.893. The first-order chi connectivity index (χ1) is 7.70.